The molecule has 7 heteroatoms. The van der Waals surface area contributed by atoms with Crippen molar-refractivity contribution in [2.75, 3.05) is 46.2 Å². The van der Waals surface area contributed by atoms with Crippen molar-refractivity contribution in [2.45, 2.75) is 13.3 Å². The van der Waals surface area contributed by atoms with Crippen LogP contribution in [0, 0.1) is 0 Å². The first kappa shape index (κ1) is 18.6. The summed E-state index contributed by atoms with van der Waals surface area (Å²) in [5.74, 6) is -1.35. The summed E-state index contributed by atoms with van der Waals surface area (Å²) < 4.78 is 20.1. The number of carboxylic acids is 1. The molecular formula is C13H22O7. The number of rotatable bonds is 13. The second-order valence-electron chi connectivity index (χ2n) is 3.61. The van der Waals surface area contributed by atoms with Gasteiger partial charge < -0.3 is 24.1 Å². The molecule has 0 saturated heterocycles. The van der Waals surface area contributed by atoms with Crippen LogP contribution >= 0.6 is 0 Å². The Kier molecular flexibility index (Phi) is 13.0. The quantitative estimate of drug-likeness (QED) is 0.302. The lowest BCUT2D eigenvalue weighted by Gasteiger charge is -2.06. The molecule has 0 bridgehead atoms. The third-order valence-corrected chi connectivity index (χ3v) is 1.96. The van der Waals surface area contributed by atoms with Crippen LogP contribution in [-0.2, 0) is 28.5 Å². The van der Waals surface area contributed by atoms with E-state index in [1.165, 1.54) is 6.08 Å². The SMILES string of the molecule is CCOC(=O)COCCOCCOCC/C=C/C(=O)O. The zero-order valence-electron chi connectivity index (χ0n) is 11.7. The molecule has 0 aliphatic carbocycles. The number of esters is 1. The first-order chi connectivity index (χ1) is 9.66. The van der Waals surface area contributed by atoms with Gasteiger partial charge >= 0.3 is 11.9 Å². The average Bonchev–Trinajstić information content (AvgIpc) is 2.40. The molecule has 0 spiro atoms. The fourth-order valence-electron chi connectivity index (χ4n) is 1.13. The van der Waals surface area contributed by atoms with Crippen LogP contribution in [0.1, 0.15) is 13.3 Å². The Hall–Kier alpha value is -1.44. The molecule has 0 unspecified atom stereocenters. The number of carbonyl (C=O) groups excluding carboxylic acids is 1. The molecule has 0 radical (unpaired) electrons. The van der Waals surface area contributed by atoms with Crippen LogP contribution in [0.15, 0.2) is 12.2 Å². The summed E-state index contributed by atoms with van der Waals surface area (Å²) in [5, 5.41) is 8.33. The smallest absolute Gasteiger partial charge is 0.332 e. The Morgan fingerprint density at radius 2 is 1.60 bits per heavy atom. The first-order valence-electron chi connectivity index (χ1n) is 6.45. The maximum atomic E-state index is 10.9. The van der Waals surface area contributed by atoms with Gasteiger partial charge in [0.15, 0.2) is 0 Å². The van der Waals surface area contributed by atoms with Gasteiger partial charge in [-0.05, 0) is 13.3 Å². The summed E-state index contributed by atoms with van der Waals surface area (Å²) in [6.45, 7) is 4.01. The highest BCUT2D eigenvalue weighted by Crippen LogP contribution is 1.87. The molecule has 0 atom stereocenters. The van der Waals surface area contributed by atoms with Crippen molar-refractivity contribution in [3.63, 3.8) is 0 Å². The van der Waals surface area contributed by atoms with E-state index < -0.39 is 5.97 Å². The van der Waals surface area contributed by atoms with Gasteiger partial charge in [0.1, 0.15) is 6.61 Å². The van der Waals surface area contributed by atoms with Crippen molar-refractivity contribution in [3.8, 4) is 0 Å². The molecule has 0 aromatic carbocycles. The second kappa shape index (κ2) is 14.0. The minimum atomic E-state index is -0.962. The second-order valence-corrected chi connectivity index (χ2v) is 3.61. The topological polar surface area (TPSA) is 91.3 Å². The fraction of sp³-hybridized carbons (Fsp3) is 0.692. The van der Waals surface area contributed by atoms with Crippen LogP contribution in [0.5, 0.6) is 0 Å². The summed E-state index contributed by atoms with van der Waals surface area (Å²) in [4.78, 5) is 21.0. The number of hydrogen-bond acceptors (Lipinski definition) is 6. The summed E-state index contributed by atoms with van der Waals surface area (Å²) >= 11 is 0. The number of aliphatic carboxylic acids is 1. The van der Waals surface area contributed by atoms with E-state index in [9.17, 15) is 9.59 Å². The van der Waals surface area contributed by atoms with Crippen molar-refractivity contribution in [3.05, 3.63) is 12.2 Å². The molecule has 0 aliphatic rings. The van der Waals surface area contributed by atoms with E-state index in [1.807, 2.05) is 0 Å². The summed E-state index contributed by atoms with van der Waals surface area (Å²) in [7, 11) is 0. The average molecular weight is 290 g/mol. The van der Waals surface area contributed by atoms with Crippen LogP contribution < -0.4 is 0 Å². The number of carboxylic acid groups (broad SMARTS) is 1. The van der Waals surface area contributed by atoms with Gasteiger partial charge in [0, 0.05) is 6.08 Å². The van der Waals surface area contributed by atoms with Crippen molar-refractivity contribution in [1.82, 2.24) is 0 Å². The molecule has 0 saturated carbocycles. The van der Waals surface area contributed by atoms with Crippen molar-refractivity contribution in [2.24, 2.45) is 0 Å². The van der Waals surface area contributed by atoms with Crippen LogP contribution in [0.3, 0.4) is 0 Å². The van der Waals surface area contributed by atoms with Gasteiger partial charge in [-0.15, -0.1) is 0 Å². The van der Waals surface area contributed by atoms with E-state index in [0.717, 1.165) is 6.08 Å². The van der Waals surface area contributed by atoms with E-state index in [-0.39, 0.29) is 12.6 Å². The zero-order chi connectivity index (χ0) is 15.1. The lowest BCUT2D eigenvalue weighted by molar-refractivity contribution is -0.149. The van der Waals surface area contributed by atoms with Crippen LogP contribution in [0.2, 0.25) is 0 Å². The van der Waals surface area contributed by atoms with Crippen LogP contribution in [0.4, 0.5) is 0 Å². The zero-order valence-corrected chi connectivity index (χ0v) is 11.7. The molecular weight excluding hydrogens is 268 g/mol. The summed E-state index contributed by atoms with van der Waals surface area (Å²) in [6, 6.07) is 0. The van der Waals surface area contributed by atoms with Crippen molar-refractivity contribution < 1.29 is 33.6 Å². The number of hydrogen-bond donors (Lipinski definition) is 1. The molecule has 0 fully saturated rings. The van der Waals surface area contributed by atoms with E-state index in [1.54, 1.807) is 6.92 Å². The van der Waals surface area contributed by atoms with Crippen LogP contribution in [-0.4, -0.2) is 63.3 Å². The summed E-state index contributed by atoms with van der Waals surface area (Å²) in [5.41, 5.74) is 0. The Morgan fingerprint density at radius 1 is 1.00 bits per heavy atom. The van der Waals surface area contributed by atoms with E-state index in [4.69, 9.17) is 19.3 Å². The van der Waals surface area contributed by atoms with Gasteiger partial charge in [0.2, 0.25) is 0 Å². The lowest BCUT2D eigenvalue weighted by atomic mass is 10.4. The molecule has 1 N–H and O–H groups in total. The molecule has 0 heterocycles. The Morgan fingerprint density at radius 3 is 2.20 bits per heavy atom. The molecule has 0 aliphatic heterocycles. The minimum Gasteiger partial charge on any atom is -0.478 e. The van der Waals surface area contributed by atoms with E-state index in [2.05, 4.69) is 4.74 Å². The lowest BCUT2D eigenvalue weighted by Crippen LogP contribution is -2.15. The largest absolute Gasteiger partial charge is 0.478 e. The van der Waals surface area contributed by atoms with Gasteiger partial charge in [0.05, 0.1) is 39.6 Å². The van der Waals surface area contributed by atoms with Gasteiger partial charge in [-0.1, -0.05) is 6.08 Å². The molecule has 116 valence electrons. The maximum Gasteiger partial charge on any atom is 0.332 e. The highest BCUT2D eigenvalue weighted by molar-refractivity contribution is 5.79. The Bertz CT molecular complexity index is 288. The van der Waals surface area contributed by atoms with Gasteiger partial charge in [-0.2, -0.15) is 0 Å². The predicted octanol–water partition coefficient (Wildman–Crippen LogP) is 0.630. The Labute approximate surface area is 118 Å². The maximum absolute atomic E-state index is 10.9. The third kappa shape index (κ3) is 14.6. The van der Waals surface area contributed by atoms with Crippen molar-refractivity contribution in [1.29, 1.82) is 0 Å². The Balaban J connectivity index is 3.13. The molecule has 20 heavy (non-hydrogen) atoms. The van der Waals surface area contributed by atoms with Gasteiger partial charge in [-0.3, -0.25) is 0 Å². The predicted molar refractivity (Wildman–Crippen MR) is 70.5 cm³/mol. The molecule has 0 amide bonds. The summed E-state index contributed by atoms with van der Waals surface area (Å²) in [6.07, 6.45) is 3.17. The van der Waals surface area contributed by atoms with E-state index in [0.29, 0.717) is 46.1 Å². The van der Waals surface area contributed by atoms with Gasteiger partial charge in [0.25, 0.3) is 0 Å². The third-order valence-electron chi connectivity index (χ3n) is 1.96. The first-order valence-corrected chi connectivity index (χ1v) is 6.45. The molecule has 0 rings (SSSR count). The highest BCUT2D eigenvalue weighted by atomic mass is 16.6. The molecule has 0 aromatic heterocycles. The van der Waals surface area contributed by atoms with E-state index >= 15 is 0 Å². The van der Waals surface area contributed by atoms with Crippen molar-refractivity contribution >= 4 is 11.9 Å². The normalized spacial score (nSPS) is 10.8. The molecule has 7 nitrogen and oxygen atoms in total. The fourth-order valence-corrected chi connectivity index (χ4v) is 1.13. The standard InChI is InChI=1S/C13H22O7/c1-2-20-13(16)11-19-10-9-18-8-7-17-6-4-3-5-12(14)15/h3,5H,2,4,6-11H2,1H3,(H,14,15)/b5-3+. The van der Waals surface area contributed by atoms with Gasteiger partial charge in [-0.25, -0.2) is 9.59 Å². The molecule has 0 aromatic rings. The van der Waals surface area contributed by atoms with Crippen LogP contribution in [0.25, 0.3) is 0 Å². The monoisotopic (exact) mass is 290 g/mol. The minimum absolute atomic E-state index is 0.0659. The number of ether oxygens (including phenoxy) is 4. The highest BCUT2D eigenvalue weighted by Gasteiger charge is 2.00. The number of carbonyl (C=O) groups is 2.